The average molecular weight is 836 g/mol. The van der Waals surface area contributed by atoms with Gasteiger partial charge in [-0.15, -0.1) is 0 Å². The predicted molar refractivity (Wildman–Crippen MR) is 201 cm³/mol. The van der Waals surface area contributed by atoms with Crippen LogP contribution in [0.2, 0.25) is 0 Å². The van der Waals surface area contributed by atoms with Gasteiger partial charge in [-0.2, -0.15) is 31.6 Å². The molecular formula is C38H43F6N9O4S. The van der Waals surface area contributed by atoms with Crippen molar-refractivity contribution < 1.29 is 45.5 Å². The lowest BCUT2D eigenvalue weighted by molar-refractivity contribution is -0.197. The number of aromatic nitrogens is 2. The van der Waals surface area contributed by atoms with Crippen molar-refractivity contribution in [1.82, 2.24) is 30.0 Å². The third-order valence-electron chi connectivity index (χ3n) is 11.5. The molecule has 1 saturated carbocycles. The molecule has 58 heavy (non-hydrogen) atoms. The minimum absolute atomic E-state index is 0.0344. The highest BCUT2D eigenvalue weighted by Gasteiger charge is 2.53. The average Bonchev–Trinajstić information content (AvgIpc) is 3.33. The van der Waals surface area contributed by atoms with Crippen LogP contribution in [0.5, 0.6) is 0 Å². The van der Waals surface area contributed by atoms with Crippen molar-refractivity contribution in [3.8, 4) is 6.07 Å². The Balaban J connectivity index is 0.970. The first kappa shape index (κ1) is 42.9. The number of halogens is 6. The van der Waals surface area contributed by atoms with Gasteiger partial charge in [-0.25, -0.2) is 4.98 Å². The number of thiocarbonyl (C=S) groups is 1. The third-order valence-corrected chi connectivity index (χ3v) is 11.9. The van der Waals surface area contributed by atoms with Gasteiger partial charge in [0, 0.05) is 32.1 Å². The van der Waals surface area contributed by atoms with E-state index in [1.165, 1.54) is 24.4 Å². The number of nitrogens with one attached hydrogen (secondary N) is 2. The van der Waals surface area contributed by atoms with Crippen molar-refractivity contribution in [3.63, 3.8) is 0 Å². The Bertz CT molecular complexity index is 1960. The molecule has 2 aromatic heterocycles. The number of piperazine rings is 1. The first-order valence-electron chi connectivity index (χ1n) is 19.1. The smallest absolute Gasteiger partial charge is 0.331 e. The van der Waals surface area contributed by atoms with Gasteiger partial charge < -0.3 is 15.1 Å². The van der Waals surface area contributed by atoms with Crippen LogP contribution in [-0.2, 0) is 25.4 Å². The number of imide groups is 1. The molecule has 13 nitrogen and oxygen atoms in total. The minimum Gasteiger partial charge on any atom is -0.331 e. The second kappa shape index (κ2) is 16.9. The van der Waals surface area contributed by atoms with Crippen LogP contribution in [0.1, 0.15) is 88.1 Å². The number of pyridine rings is 2. The zero-order valence-corrected chi connectivity index (χ0v) is 32.6. The first-order chi connectivity index (χ1) is 27.3. The van der Waals surface area contributed by atoms with E-state index in [9.17, 15) is 45.5 Å². The van der Waals surface area contributed by atoms with Crippen LogP contribution in [-0.4, -0.2) is 110 Å². The maximum atomic E-state index is 14.3. The SMILES string of the molecule is CC1(C)C(=O)N(c2cnc(C#N)c(C(F)(F)F)c2)C(=S)N1[C@H]1CC[C@H](CCCN2CCN(CC(=O)Nc3ccc(C4CCC(=O)NC4=O)nc3)[C@@H](C(F)(F)F)C2)CC1. The normalized spacial score (nSPS) is 24.8. The summed E-state index contributed by atoms with van der Waals surface area (Å²) in [6.07, 6.45) is -2.29. The lowest BCUT2D eigenvalue weighted by Crippen LogP contribution is -2.60. The Hall–Kier alpha value is -4.74. The second-order valence-electron chi connectivity index (χ2n) is 15.7. The largest absolute Gasteiger partial charge is 0.419 e. The van der Waals surface area contributed by atoms with Gasteiger partial charge in [0.25, 0.3) is 5.91 Å². The highest BCUT2D eigenvalue weighted by Crippen LogP contribution is 2.41. The molecule has 0 radical (unpaired) electrons. The molecule has 312 valence electrons. The Morgan fingerprint density at radius 1 is 1.03 bits per heavy atom. The Kier molecular flexibility index (Phi) is 12.5. The molecule has 20 heteroatoms. The van der Waals surface area contributed by atoms with Gasteiger partial charge in [-0.05, 0) is 102 Å². The van der Waals surface area contributed by atoms with Crippen LogP contribution in [0.15, 0.2) is 30.6 Å². The molecule has 6 rings (SSSR count). The topological polar surface area (TPSA) is 155 Å². The highest BCUT2D eigenvalue weighted by atomic mass is 32.1. The number of amides is 4. The molecule has 4 aliphatic rings. The summed E-state index contributed by atoms with van der Waals surface area (Å²) in [5.41, 5.74) is -2.70. The van der Waals surface area contributed by atoms with Crippen molar-refractivity contribution in [2.24, 2.45) is 5.92 Å². The summed E-state index contributed by atoms with van der Waals surface area (Å²) < 4.78 is 83.8. The van der Waals surface area contributed by atoms with Crippen molar-refractivity contribution in [3.05, 3.63) is 47.5 Å². The fraction of sp³-hybridized carbons (Fsp3) is 0.579. The number of nitriles is 1. The summed E-state index contributed by atoms with van der Waals surface area (Å²) in [5, 5.41) is 14.0. The van der Waals surface area contributed by atoms with Gasteiger partial charge in [-0.1, -0.05) is 0 Å². The number of alkyl halides is 6. The van der Waals surface area contributed by atoms with E-state index in [1.807, 2.05) is 0 Å². The van der Waals surface area contributed by atoms with E-state index in [4.69, 9.17) is 17.5 Å². The van der Waals surface area contributed by atoms with Crippen molar-refractivity contribution >= 4 is 52.3 Å². The molecule has 2 N–H and O–H groups in total. The molecule has 2 atom stereocenters. The molecule has 4 fully saturated rings. The zero-order chi connectivity index (χ0) is 42.2. The maximum absolute atomic E-state index is 14.3. The molecule has 5 heterocycles. The van der Waals surface area contributed by atoms with E-state index in [1.54, 1.807) is 23.6 Å². The Morgan fingerprint density at radius 2 is 1.76 bits per heavy atom. The fourth-order valence-corrected chi connectivity index (χ4v) is 9.02. The van der Waals surface area contributed by atoms with Crippen LogP contribution < -0.4 is 15.5 Å². The van der Waals surface area contributed by atoms with E-state index in [0.29, 0.717) is 50.5 Å². The molecule has 0 spiro atoms. The third kappa shape index (κ3) is 9.26. The van der Waals surface area contributed by atoms with E-state index in [2.05, 4.69) is 20.6 Å². The van der Waals surface area contributed by atoms with Gasteiger partial charge in [0.15, 0.2) is 10.8 Å². The van der Waals surface area contributed by atoms with E-state index >= 15 is 0 Å². The summed E-state index contributed by atoms with van der Waals surface area (Å²) in [7, 11) is 0. The predicted octanol–water partition coefficient (Wildman–Crippen LogP) is 5.13. The lowest BCUT2D eigenvalue weighted by Gasteiger charge is -2.42. The van der Waals surface area contributed by atoms with E-state index < -0.39 is 65.4 Å². The Labute approximate surface area is 336 Å². The van der Waals surface area contributed by atoms with Crippen LogP contribution in [0.4, 0.5) is 37.7 Å². The number of carbonyl (C=O) groups excluding carboxylic acids is 4. The summed E-state index contributed by atoms with van der Waals surface area (Å²) in [6.45, 7) is 3.40. The molecule has 4 amide bonds. The van der Waals surface area contributed by atoms with Crippen LogP contribution >= 0.6 is 12.2 Å². The van der Waals surface area contributed by atoms with Gasteiger partial charge >= 0.3 is 12.4 Å². The van der Waals surface area contributed by atoms with Gasteiger partial charge in [0.2, 0.25) is 17.7 Å². The molecule has 3 aliphatic heterocycles. The van der Waals surface area contributed by atoms with Crippen molar-refractivity contribution in [1.29, 1.82) is 5.26 Å². The molecule has 3 saturated heterocycles. The highest BCUT2D eigenvalue weighted by molar-refractivity contribution is 7.80. The standard InChI is InChI=1S/C38H43F6N9O4S/c1-36(2)34(57)52(25-16-27(37(39,40)41)29(17-45)47-19-25)35(58)53(36)24-8-5-22(6-9-24)4-3-13-50-14-15-51(30(20-50)38(42,43)44)21-32(55)48-23-7-11-28(46-18-23)26-10-12-31(54)49-33(26)56/h7,11,16,18-19,22,24,26,30H,3-6,8-10,12-15,20-21H2,1-2H3,(H,48,55)(H,49,54,56)/t22-,24-,26?,30-/m1/s1. The summed E-state index contributed by atoms with van der Waals surface area (Å²) in [6, 6.07) is 3.20. The molecule has 1 unspecified atom stereocenters. The lowest BCUT2D eigenvalue weighted by atomic mass is 9.82. The van der Waals surface area contributed by atoms with Crippen molar-refractivity contribution in [2.75, 3.05) is 42.9 Å². The van der Waals surface area contributed by atoms with Crippen LogP contribution in [0.25, 0.3) is 0 Å². The van der Waals surface area contributed by atoms with E-state index in [0.717, 1.165) is 35.3 Å². The maximum Gasteiger partial charge on any atom is 0.419 e. The fourth-order valence-electron chi connectivity index (χ4n) is 8.45. The number of hydrogen-bond acceptors (Lipinski definition) is 10. The van der Waals surface area contributed by atoms with E-state index in [-0.39, 0.29) is 53.9 Å². The molecule has 1 aliphatic carbocycles. The molecule has 0 bridgehead atoms. The number of nitrogens with zero attached hydrogens (tertiary/aromatic N) is 7. The summed E-state index contributed by atoms with van der Waals surface area (Å²) in [4.78, 5) is 63.6. The zero-order valence-electron chi connectivity index (χ0n) is 31.8. The van der Waals surface area contributed by atoms with Crippen LogP contribution in [0, 0.1) is 17.2 Å². The monoisotopic (exact) mass is 835 g/mol. The molecule has 0 aromatic carbocycles. The van der Waals surface area contributed by atoms with Gasteiger partial charge in [-0.3, -0.25) is 39.3 Å². The van der Waals surface area contributed by atoms with Gasteiger partial charge in [0.05, 0.1) is 47.5 Å². The number of piperidine rings is 1. The second-order valence-corrected chi connectivity index (χ2v) is 16.1. The number of rotatable bonds is 10. The van der Waals surface area contributed by atoms with Crippen LogP contribution in [0.3, 0.4) is 0 Å². The van der Waals surface area contributed by atoms with Crippen molar-refractivity contribution in [2.45, 2.75) is 101 Å². The summed E-state index contributed by atoms with van der Waals surface area (Å²) in [5.74, 6) is -2.28. The quantitative estimate of drug-likeness (QED) is 0.186. The summed E-state index contributed by atoms with van der Waals surface area (Å²) >= 11 is 5.67. The molecule has 2 aromatic rings. The Morgan fingerprint density at radius 3 is 2.38 bits per heavy atom. The van der Waals surface area contributed by atoms with Gasteiger partial charge in [0.1, 0.15) is 17.6 Å². The number of hydrogen-bond donors (Lipinski definition) is 2. The minimum atomic E-state index is -4.86. The first-order valence-corrected chi connectivity index (χ1v) is 19.5. The molecular weight excluding hydrogens is 793 g/mol. The number of carbonyl (C=O) groups is 4. The number of anilines is 2.